The third-order valence-electron chi connectivity index (χ3n) is 6.62. The molecule has 3 aromatic heterocycles. The van der Waals surface area contributed by atoms with Gasteiger partial charge in [-0.1, -0.05) is 0 Å². The highest BCUT2D eigenvalue weighted by molar-refractivity contribution is 5.85. The van der Waals surface area contributed by atoms with Crippen molar-refractivity contribution in [2.75, 3.05) is 30.4 Å². The second-order valence-corrected chi connectivity index (χ2v) is 9.68. The molecule has 4 N–H and O–H groups in total. The Labute approximate surface area is 245 Å². The summed E-state index contributed by atoms with van der Waals surface area (Å²) >= 11 is 0. The number of piperidine rings is 1. The number of aliphatic hydroxyl groups excluding tert-OH is 1. The number of benzene rings is 1. The van der Waals surface area contributed by atoms with E-state index in [1.807, 2.05) is 0 Å². The first kappa shape index (κ1) is 30.9. The van der Waals surface area contributed by atoms with Gasteiger partial charge in [-0.3, -0.25) is 4.68 Å². The van der Waals surface area contributed by atoms with Crippen LogP contribution in [0.3, 0.4) is 0 Å². The molecule has 0 amide bonds. The summed E-state index contributed by atoms with van der Waals surface area (Å²) in [6.45, 7) is -0.283. The van der Waals surface area contributed by atoms with Gasteiger partial charge in [0.25, 0.3) is 0 Å². The van der Waals surface area contributed by atoms with Crippen LogP contribution in [0.15, 0.2) is 49.1 Å². The molecule has 0 aliphatic carbocycles. The number of methoxy groups -OCH3 is 1. The number of aromatic nitrogens is 5. The number of hydrogen-bond acceptors (Lipinski definition) is 9. The summed E-state index contributed by atoms with van der Waals surface area (Å²) in [5.74, 6) is 0.302. The average Bonchev–Trinajstić information content (AvgIpc) is 3.39. The minimum Gasteiger partial charge on any atom is -0.496 e. The lowest BCUT2D eigenvalue weighted by molar-refractivity contribution is -0.142. The number of nitrogens with one attached hydrogen (secondary N) is 1. The summed E-state index contributed by atoms with van der Waals surface area (Å²) in [6, 6.07) is 6.00. The van der Waals surface area contributed by atoms with Crippen LogP contribution in [0.4, 0.5) is 34.9 Å². The van der Waals surface area contributed by atoms with Crippen molar-refractivity contribution in [3.8, 4) is 28.3 Å². The first-order valence-electron chi connectivity index (χ1n) is 12.8. The second-order valence-electron chi connectivity index (χ2n) is 9.68. The lowest BCUT2D eigenvalue weighted by Gasteiger charge is -2.34. The SMILES string of the molecule is COc1cc(CO)cc(F)c1-c1nccc(Nc2cc(N3CCC[C@H](N)C3)c(-c3cnn(CC(F)(F)F)c3)cn2)n1.Cl. The van der Waals surface area contributed by atoms with E-state index in [0.29, 0.717) is 41.4 Å². The molecule has 0 bridgehead atoms. The smallest absolute Gasteiger partial charge is 0.408 e. The van der Waals surface area contributed by atoms with Gasteiger partial charge < -0.3 is 25.8 Å². The van der Waals surface area contributed by atoms with Gasteiger partial charge in [-0.2, -0.15) is 18.3 Å². The largest absolute Gasteiger partial charge is 0.496 e. The molecule has 0 radical (unpaired) electrons. The quantitative estimate of drug-likeness (QED) is 0.244. The minimum atomic E-state index is -4.40. The van der Waals surface area contributed by atoms with Gasteiger partial charge in [0.05, 0.1) is 25.5 Å². The minimum absolute atomic E-state index is 0. The predicted molar refractivity (Wildman–Crippen MR) is 151 cm³/mol. The highest BCUT2D eigenvalue weighted by Crippen LogP contribution is 2.36. The number of nitrogens with two attached hydrogens (primary N) is 1. The number of rotatable bonds is 8. The fraction of sp³-hybridized carbons (Fsp3) is 0.333. The van der Waals surface area contributed by atoms with Crippen LogP contribution in [0.2, 0.25) is 0 Å². The molecule has 1 saturated heterocycles. The van der Waals surface area contributed by atoms with Crippen LogP contribution in [-0.2, 0) is 13.2 Å². The van der Waals surface area contributed by atoms with E-state index in [1.54, 1.807) is 18.3 Å². The molecular weight excluding hydrogens is 580 g/mol. The lowest BCUT2D eigenvalue weighted by atomic mass is 10.0. The van der Waals surface area contributed by atoms with E-state index in [2.05, 4.69) is 30.3 Å². The zero-order valence-electron chi connectivity index (χ0n) is 22.5. The van der Waals surface area contributed by atoms with Crippen LogP contribution in [0, 0.1) is 5.82 Å². The molecule has 0 unspecified atom stereocenters. The molecule has 4 heterocycles. The van der Waals surface area contributed by atoms with E-state index in [-0.39, 0.29) is 42.2 Å². The van der Waals surface area contributed by atoms with Gasteiger partial charge in [-0.15, -0.1) is 12.4 Å². The number of pyridine rings is 1. The number of halogens is 5. The zero-order valence-corrected chi connectivity index (χ0v) is 23.3. The molecule has 1 aliphatic heterocycles. The van der Waals surface area contributed by atoms with E-state index < -0.39 is 18.5 Å². The highest BCUT2D eigenvalue weighted by atomic mass is 35.5. The van der Waals surface area contributed by atoms with Gasteiger partial charge in [-0.05, 0) is 36.6 Å². The molecule has 0 spiro atoms. The van der Waals surface area contributed by atoms with Crippen LogP contribution in [-0.4, -0.2) is 62.3 Å². The van der Waals surface area contributed by atoms with Crippen molar-refractivity contribution in [1.82, 2.24) is 24.7 Å². The van der Waals surface area contributed by atoms with E-state index >= 15 is 0 Å². The molecule has 1 fully saturated rings. The number of ether oxygens (including phenoxy) is 1. The fourth-order valence-electron chi connectivity index (χ4n) is 4.78. The molecule has 224 valence electrons. The molecule has 5 rings (SSSR count). The van der Waals surface area contributed by atoms with Gasteiger partial charge in [0.2, 0.25) is 0 Å². The van der Waals surface area contributed by atoms with Gasteiger partial charge in [0.15, 0.2) is 5.82 Å². The van der Waals surface area contributed by atoms with Crippen molar-refractivity contribution in [3.63, 3.8) is 0 Å². The van der Waals surface area contributed by atoms with Crippen molar-refractivity contribution in [1.29, 1.82) is 0 Å². The normalized spacial score (nSPS) is 15.3. The Morgan fingerprint density at radius 3 is 2.69 bits per heavy atom. The topological polar surface area (TPSA) is 127 Å². The molecule has 1 aromatic carbocycles. The maximum Gasteiger partial charge on any atom is 0.408 e. The van der Waals surface area contributed by atoms with Crippen LogP contribution in [0.5, 0.6) is 5.75 Å². The first-order chi connectivity index (χ1) is 19.6. The van der Waals surface area contributed by atoms with E-state index in [1.165, 1.54) is 37.8 Å². The van der Waals surface area contributed by atoms with Gasteiger partial charge in [-0.25, -0.2) is 19.3 Å². The number of alkyl halides is 3. The van der Waals surface area contributed by atoms with E-state index in [0.717, 1.165) is 23.2 Å². The van der Waals surface area contributed by atoms with Gasteiger partial charge in [0, 0.05) is 60.6 Å². The maximum atomic E-state index is 14.9. The Bertz CT molecular complexity index is 1530. The Balaban J connectivity index is 0.00000405. The summed E-state index contributed by atoms with van der Waals surface area (Å²) in [6.07, 6.45) is 3.06. The van der Waals surface area contributed by atoms with Crippen LogP contribution in [0.1, 0.15) is 18.4 Å². The summed E-state index contributed by atoms with van der Waals surface area (Å²) in [7, 11) is 1.38. The fourth-order valence-corrected chi connectivity index (χ4v) is 4.78. The van der Waals surface area contributed by atoms with Gasteiger partial charge in [0.1, 0.15) is 29.7 Å². The number of hydrogen-bond donors (Lipinski definition) is 3. The van der Waals surface area contributed by atoms with E-state index in [4.69, 9.17) is 10.5 Å². The second kappa shape index (κ2) is 12.9. The molecule has 4 aromatic rings. The Kier molecular flexibility index (Phi) is 9.49. The number of aliphatic hydroxyl groups is 1. The van der Waals surface area contributed by atoms with Crippen LogP contribution < -0.4 is 20.7 Å². The van der Waals surface area contributed by atoms with Crippen LogP contribution in [0.25, 0.3) is 22.5 Å². The molecule has 42 heavy (non-hydrogen) atoms. The lowest BCUT2D eigenvalue weighted by Crippen LogP contribution is -2.43. The molecular formula is C27H29ClF4N8O2. The van der Waals surface area contributed by atoms with Gasteiger partial charge >= 0.3 is 6.18 Å². The number of anilines is 3. The van der Waals surface area contributed by atoms with Crippen molar-refractivity contribution in [3.05, 3.63) is 60.4 Å². The molecule has 0 saturated carbocycles. The van der Waals surface area contributed by atoms with Crippen molar-refractivity contribution >= 4 is 29.7 Å². The summed E-state index contributed by atoms with van der Waals surface area (Å²) in [5, 5.41) is 16.4. The molecule has 1 atom stereocenters. The van der Waals surface area contributed by atoms with E-state index in [9.17, 15) is 22.7 Å². The maximum absolute atomic E-state index is 14.9. The monoisotopic (exact) mass is 608 g/mol. The predicted octanol–water partition coefficient (Wildman–Crippen LogP) is 4.70. The number of nitrogens with zero attached hydrogens (tertiary/aromatic N) is 6. The average molecular weight is 609 g/mol. The Hall–Kier alpha value is -4.01. The summed E-state index contributed by atoms with van der Waals surface area (Å²) < 4.78 is 59.8. The first-order valence-corrected chi connectivity index (χ1v) is 12.8. The summed E-state index contributed by atoms with van der Waals surface area (Å²) in [5.41, 5.74) is 8.43. The standard InChI is InChI=1S/C27H28F4N8O2.ClH/c1-41-22-8-16(14-40)7-20(28)25(22)26-33-5-4-23(37-26)36-24-9-21(38-6-2-3-18(32)13-38)19(11-34-24)17-10-35-39(12-17)15-27(29,30)31;/h4-5,7-12,18,40H,2-3,6,13-15,32H2,1H3,(H,33,34,36,37);1H/t18-;/m0./s1. The third kappa shape index (κ3) is 7.06. The molecule has 10 nitrogen and oxygen atoms in total. The van der Waals surface area contributed by atoms with Crippen molar-refractivity contribution < 1.29 is 27.4 Å². The Morgan fingerprint density at radius 2 is 1.98 bits per heavy atom. The highest BCUT2D eigenvalue weighted by Gasteiger charge is 2.29. The van der Waals surface area contributed by atoms with Crippen LogP contribution >= 0.6 is 12.4 Å². The zero-order chi connectivity index (χ0) is 29.1. The molecule has 15 heteroatoms. The summed E-state index contributed by atoms with van der Waals surface area (Å²) in [4.78, 5) is 15.2. The van der Waals surface area contributed by atoms with Crippen molar-refractivity contribution in [2.24, 2.45) is 5.73 Å². The Morgan fingerprint density at radius 1 is 1.17 bits per heavy atom. The third-order valence-corrected chi connectivity index (χ3v) is 6.62. The van der Waals surface area contributed by atoms with Crippen molar-refractivity contribution in [2.45, 2.75) is 38.2 Å². The molecule has 1 aliphatic rings.